The second kappa shape index (κ2) is 8.95. The second-order valence-corrected chi connectivity index (χ2v) is 7.64. The van der Waals surface area contributed by atoms with E-state index in [1.807, 2.05) is 0 Å². The summed E-state index contributed by atoms with van der Waals surface area (Å²) >= 11 is 3.24. The number of carbonyl (C=O) groups excluding carboxylic acids is 2. The summed E-state index contributed by atoms with van der Waals surface area (Å²) in [6, 6.07) is 9.84. The standard InChI is InChI=1S/C20H19BrF3N3O3/c21-14-4-5-17(25)16(11-14)19(29)30-12-18(28)27-8-6-26(7-9-27)15-3-1-2-13(10-15)20(22,23)24/h1-5,10-11H,6-9,12,25H2. The fourth-order valence-corrected chi connectivity index (χ4v) is 3.46. The zero-order valence-electron chi connectivity index (χ0n) is 15.8. The van der Waals surface area contributed by atoms with Crippen molar-refractivity contribution in [3.05, 3.63) is 58.1 Å². The Morgan fingerprint density at radius 3 is 2.43 bits per heavy atom. The molecule has 0 radical (unpaired) electrons. The van der Waals surface area contributed by atoms with Gasteiger partial charge in [0, 0.05) is 42.0 Å². The van der Waals surface area contributed by atoms with E-state index in [1.165, 1.54) is 17.0 Å². The van der Waals surface area contributed by atoms with Crippen molar-refractivity contribution in [2.24, 2.45) is 0 Å². The molecule has 0 aromatic heterocycles. The monoisotopic (exact) mass is 485 g/mol. The molecule has 1 fully saturated rings. The van der Waals surface area contributed by atoms with E-state index in [-0.39, 0.29) is 17.2 Å². The van der Waals surface area contributed by atoms with Crippen LogP contribution >= 0.6 is 15.9 Å². The molecular weight excluding hydrogens is 467 g/mol. The number of halogens is 4. The van der Waals surface area contributed by atoms with Crippen molar-refractivity contribution < 1.29 is 27.5 Å². The maximum atomic E-state index is 12.9. The van der Waals surface area contributed by atoms with Crippen LogP contribution in [0.25, 0.3) is 0 Å². The minimum atomic E-state index is -4.41. The van der Waals surface area contributed by atoms with E-state index in [4.69, 9.17) is 10.5 Å². The zero-order chi connectivity index (χ0) is 21.9. The minimum absolute atomic E-state index is 0.159. The topological polar surface area (TPSA) is 75.9 Å². The van der Waals surface area contributed by atoms with E-state index in [9.17, 15) is 22.8 Å². The van der Waals surface area contributed by atoms with E-state index in [0.717, 1.165) is 12.1 Å². The number of piperazine rings is 1. The van der Waals surface area contributed by atoms with Crippen LogP contribution in [-0.4, -0.2) is 49.6 Å². The molecule has 3 rings (SSSR count). The normalized spacial score (nSPS) is 14.5. The van der Waals surface area contributed by atoms with Crippen LogP contribution in [0.4, 0.5) is 24.5 Å². The number of hydrogen-bond acceptors (Lipinski definition) is 5. The van der Waals surface area contributed by atoms with Gasteiger partial charge >= 0.3 is 12.1 Å². The van der Waals surface area contributed by atoms with Gasteiger partial charge in [-0.2, -0.15) is 13.2 Å². The number of benzene rings is 2. The first kappa shape index (κ1) is 21.9. The number of carbonyl (C=O) groups is 2. The summed E-state index contributed by atoms with van der Waals surface area (Å²) in [5, 5.41) is 0. The molecule has 2 aromatic carbocycles. The van der Waals surface area contributed by atoms with Crippen LogP contribution in [0.15, 0.2) is 46.9 Å². The molecule has 0 spiro atoms. The van der Waals surface area contributed by atoms with E-state index < -0.39 is 24.3 Å². The molecule has 0 bridgehead atoms. The first-order valence-corrected chi connectivity index (χ1v) is 9.86. The number of hydrogen-bond donors (Lipinski definition) is 1. The SMILES string of the molecule is Nc1ccc(Br)cc1C(=O)OCC(=O)N1CCN(c2cccc(C(F)(F)F)c2)CC1. The van der Waals surface area contributed by atoms with E-state index in [0.29, 0.717) is 36.3 Å². The fourth-order valence-electron chi connectivity index (χ4n) is 3.09. The fraction of sp³-hybridized carbons (Fsp3) is 0.300. The van der Waals surface area contributed by atoms with E-state index in [1.54, 1.807) is 23.1 Å². The molecule has 0 aliphatic carbocycles. The molecule has 0 unspecified atom stereocenters. The van der Waals surface area contributed by atoms with Gasteiger partial charge in [0.25, 0.3) is 5.91 Å². The zero-order valence-corrected chi connectivity index (χ0v) is 17.4. The average Bonchev–Trinajstić information content (AvgIpc) is 2.73. The number of amides is 1. The van der Waals surface area contributed by atoms with Crippen molar-refractivity contribution in [1.29, 1.82) is 0 Å². The predicted octanol–water partition coefficient (Wildman–Crippen LogP) is 3.56. The van der Waals surface area contributed by atoms with Crippen LogP contribution in [0, 0.1) is 0 Å². The quantitative estimate of drug-likeness (QED) is 0.529. The molecule has 10 heteroatoms. The Hall–Kier alpha value is -2.75. The van der Waals surface area contributed by atoms with Crippen molar-refractivity contribution in [2.75, 3.05) is 43.4 Å². The molecule has 1 heterocycles. The Morgan fingerprint density at radius 2 is 1.77 bits per heavy atom. The van der Waals surface area contributed by atoms with Crippen LogP contribution in [0.5, 0.6) is 0 Å². The highest BCUT2D eigenvalue weighted by Crippen LogP contribution is 2.31. The van der Waals surface area contributed by atoms with Crippen LogP contribution in [0.1, 0.15) is 15.9 Å². The summed E-state index contributed by atoms with van der Waals surface area (Å²) in [5.41, 5.74) is 5.90. The highest BCUT2D eigenvalue weighted by Gasteiger charge is 2.31. The van der Waals surface area contributed by atoms with Crippen molar-refractivity contribution >= 4 is 39.2 Å². The van der Waals surface area contributed by atoms with Gasteiger partial charge in [0.1, 0.15) is 0 Å². The number of nitrogen functional groups attached to an aromatic ring is 1. The molecule has 0 saturated carbocycles. The summed E-state index contributed by atoms with van der Waals surface area (Å²) in [6.45, 7) is 0.935. The lowest BCUT2D eigenvalue weighted by atomic mass is 10.1. The summed E-state index contributed by atoms with van der Waals surface area (Å²) in [4.78, 5) is 27.8. The number of nitrogens with two attached hydrogens (primary N) is 1. The Bertz CT molecular complexity index is 944. The summed E-state index contributed by atoms with van der Waals surface area (Å²) < 4.78 is 44.4. The Labute approximate surface area is 179 Å². The van der Waals surface area contributed by atoms with E-state index >= 15 is 0 Å². The molecule has 1 aliphatic rings. The molecule has 1 amide bonds. The van der Waals surface area contributed by atoms with Crippen molar-refractivity contribution in [1.82, 2.24) is 4.90 Å². The molecule has 1 saturated heterocycles. The van der Waals surface area contributed by atoms with Gasteiger partial charge < -0.3 is 20.3 Å². The smallest absolute Gasteiger partial charge is 0.416 e. The molecule has 6 nitrogen and oxygen atoms in total. The van der Waals surface area contributed by atoms with Gasteiger partial charge in [-0.1, -0.05) is 22.0 Å². The maximum Gasteiger partial charge on any atom is 0.416 e. The lowest BCUT2D eigenvalue weighted by Crippen LogP contribution is -2.50. The Morgan fingerprint density at radius 1 is 1.07 bits per heavy atom. The van der Waals surface area contributed by atoms with Gasteiger partial charge in [0.05, 0.1) is 11.1 Å². The molecule has 30 heavy (non-hydrogen) atoms. The summed E-state index contributed by atoms with van der Waals surface area (Å²) in [5.74, 6) is -1.08. The minimum Gasteiger partial charge on any atom is -0.452 e. The lowest BCUT2D eigenvalue weighted by Gasteiger charge is -2.36. The molecule has 2 N–H and O–H groups in total. The van der Waals surface area contributed by atoms with Crippen molar-refractivity contribution in [2.45, 2.75) is 6.18 Å². The number of esters is 1. The third-order valence-electron chi connectivity index (χ3n) is 4.73. The molecule has 0 atom stereocenters. The maximum absolute atomic E-state index is 12.9. The summed E-state index contributed by atoms with van der Waals surface area (Å²) in [6.07, 6.45) is -4.41. The van der Waals surface area contributed by atoms with Gasteiger partial charge in [-0.25, -0.2) is 4.79 Å². The van der Waals surface area contributed by atoms with Gasteiger partial charge in [0.15, 0.2) is 6.61 Å². The third-order valence-corrected chi connectivity index (χ3v) is 5.23. The number of anilines is 2. The summed E-state index contributed by atoms with van der Waals surface area (Å²) in [7, 11) is 0. The highest BCUT2D eigenvalue weighted by molar-refractivity contribution is 9.10. The van der Waals surface area contributed by atoms with Crippen LogP contribution in [0.3, 0.4) is 0 Å². The van der Waals surface area contributed by atoms with Crippen LogP contribution in [-0.2, 0) is 15.7 Å². The number of nitrogens with zero attached hydrogens (tertiary/aromatic N) is 2. The Kier molecular flexibility index (Phi) is 6.55. The molecular formula is C20H19BrF3N3O3. The largest absolute Gasteiger partial charge is 0.452 e. The third kappa shape index (κ3) is 5.24. The second-order valence-electron chi connectivity index (χ2n) is 6.72. The van der Waals surface area contributed by atoms with E-state index in [2.05, 4.69) is 15.9 Å². The van der Waals surface area contributed by atoms with Crippen molar-refractivity contribution in [3.8, 4) is 0 Å². The lowest BCUT2D eigenvalue weighted by molar-refractivity contribution is -0.137. The predicted molar refractivity (Wildman–Crippen MR) is 109 cm³/mol. The average molecular weight is 486 g/mol. The van der Waals surface area contributed by atoms with Crippen LogP contribution < -0.4 is 10.6 Å². The van der Waals surface area contributed by atoms with Gasteiger partial charge in [-0.15, -0.1) is 0 Å². The van der Waals surface area contributed by atoms with Gasteiger partial charge in [-0.05, 0) is 36.4 Å². The van der Waals surface area contributed by atoms with Crippen molar-refractivity contribution in [3.63, 3.8) is 0 Å². The Balaban J connectivity index is 1.53. The number of rotatable bonds is 4. The number of ether oxygens (including phenoxy) is 1. The highest BCUT2D eigenvalue weighted by atomic mass is 79.9. The van der Waals surface area contributed by atoms with Gasteiger partial charge in [0.2, 0.25) is 0 Å². The van der Waals surface area contributed by atoms with Gasteiger partial charge in [-0.3, -0.25) is 4.79 Å². The van der Waals surface area contributed by atoms with Crippen LogP contribution in [0.2, 0.25) is 0 Å². The molecule has 2 aromatic rings. The first-order chi connectivity index (χ1) is 14.1. The molecule has 160 valence electrons. The number of alkyl halides is 3. The first-order valence-electron chi connectivity index (χ1n) is 9.07. The molecule has 1 aliphatic heterocycles.